The molecule has 1 aromatic carbocycles. The van der Waals surface area contributed by atoms with Gasteiger partial charge in [0, 0.05) is 35.2 Å². The number of aromatic nitrogens is 1. The highest BCUT2D eigenvalue weighted by molar-refractivity contribution is 9.10. The molecule has 35 heavy (non-hydrogen) atoms. The Hall–Kier alpha value is -2.45. The second kappa shape index (κ2) is 11.1. The van der Waals surface area contributed by atoms with E-state index in [0.717, 1.165) is 60.1 Å². The number of oxime groups is 1. The normalized spacial score (nSPS) is 19.5. The molecule has 0 aliphatic carbocycles. The summed E-state index contributed by atoms with van der Waals surface area (Å²) in [4.78, 5) is 37.8. The Morgan fingerprint density at radius 2 is 1.80 bits per heavy atom. The van der Waals surface area contributed by atoms with Gasteiger partial charge in [-0.05, 0) is 88.9 Å². The van der Waals surface area contributed by atoms with Crippen LogP contribution in [-0.2, 0) is 4.84 Å². The van der Waals surface area contributed by atoms with Gasteiger partial charge in [0.05, 0.1) is 5.71 Å². The zero-order chi connectivity index (χ0) is 25.0. The molecule has 0 radical (unpaired) electrons. The molecule has 2 aliphatic heterocycles. The Kier molecular flexibility index (Phi) is 8.12. The van der Waals surface area contributed by atoms with Gasteiger partial charge in [-0.3, -0.25) is 14.5 Å². The maximum Gasteiger partial charge on any atom is 0.261 e. The van der Waals surface area contributed by atoms with E-state index in [0.29, 0.717) is 25.6 Å². The van der Waals surface area contributed by atoms with Crippen molar-refractivity contribution in [3.8, 4) is 0 Å². The summed E-state index contributed by atoms with van der Waals surface area (Å²) in [6.07, 6.45) is 5.45. The number of nitrogens with zero attached hydrogens (tertiary/aromatic N) is 3. The van der Waals surface area contributed by atoms with Crippen LogP contribution >= 0.6 is 15.9 Å². The summed E-state index contributed by atoms with van der Waals surface area (Å²) in [5.41, 5.74) is 2.89. The summed E-state index contributed by atoms with van der Waals surface area (Å²) in [5.74, 6) is 0.202. The van der Waals surface area contributed by atoms with Crippen molar-refractivity contribution in [2.45, 2.75) is 52.0 Å². The number of halogens is 1. The molecule has 4 rings (SSSR count). The lowest BCUT2D eigenvalue weighted by Gasteiger charge is -2.49. The zero-order valence-electron chi connectivity index (χ0n) is 20.8. The molecule has 2 aliphatic rings. The number of amides is 1. The zero-order valence-corrected chi connectivity index (χ0v) is 22.4. The Morgan fingerprint density at radius 1 is 1.14 bits per heavy atom. The third kappa shape index (κ3) is 5.70. The van der Waals surface area contributed by atoms with Gasteiger partial charge in [-0.15, -0.1) is 0 Å². The third-order valence-electron chi connectivity index (χ3n) is 7.59. The van der Waals surface area contributed by atoms with Crippen molar-refractivity contribution in [2.75, 3.05) is 32.8 Å². The second-order valence-corrected chi connectivity index (χ2v) is 10.7. The highest BCUT2D eigenvalue weighted by Crippen LogP contribution is 2.34. The number of H-pyrrole nitrogens is 1. The first kappa shape index (κ1) is 25.6. The number of rotatable bonds is 6. The Bertz CT molecular complexity index is 1110. The molecule has 188 valence electrons. The van der Waals surface area contributed by atoms with E-state index < -0.39 is 0 Å². The molecule has 1 aromatic heterocycles. The summed E-state index contributed by atoms with van der Waals surface area (Å²) < 4.78 is 1.05. The van der Waals surface area contributed by atoms with E-state index in [1.807, 2.05) is 30.9 Å². The van der Waals surface area contributed by atoms with Gasteiger partial charge in [-0.2, -0.15) is 0 Å². The maximum absolute atomic E-state index is 13.1. The second-order valence-electron chi connectivity index (χ2n) is 9.82. The molecule has 3 heterocycles. The number of hydrogen-bond donors (Lipinski definition) is 1. The molecule has 2 fully saturated rings. The number of hydrogen-bond acceptors (Lipinski definition) is 5. The van der Waals surface area contributed by atoms with Crippen LogP contribution in [0.2, 0.25) is 0 Å². The number of benzene rings is 1. The fourth-order valence-corrected chi connectivity index (χ4v) is 5.58. The van der Waals surface area contributed by atoms with Crippen LogP contribution in [-0.4, -0.2) is 64.7 Å². The molecule has 1 amide bonds. The van der Waals surface area contributed by atoms with Crippen LogP contribution in [0.3, 0.4) is 0 Å². The smallest absolute Gasteiger partial charge is 0.261 e. The van der Waals surface area contributed by atoms with Crippen LogP contribution in [0.4, 0.5) is 0 Å². The number of aromatic amines is 1. The first-order chi connectivity index (χ1) is 16.8. The first-order valence-corrected chi connectivity index (χ1v) is 13.3. The molecule has 0 atom stereocenters. The van der Waals surface area contributed by atoms with Crippen LogP contribution < -0.4 is 5.56 Å². The quantitative estimate of drug-likeness (QED) is 0.427. The minimum atomic E-state index is -0.305. The van der Waals surface area contributed by atoms with E-state index in [4.69, 9.17) is 4.84 Å². The molecule has 0 spiro atoms. The van der Waals surface area contributed by atoms with E-state index in [2.05, 4.69) is 50.0 Å². The summed E-state index contributed by atoms with van der Waals surface area (Å²) >= 11 is 3.52. The van der Waals surface area contributed by atoms with Gasteiger partial charge in [0.15, 0.2) is 0 Å². The number of aryl methyl sites for hydroxylation is 1. The molecule has 1 N–H and O–H groups in total. The lowest BCUT2D eigenvalue weighted by atomic mass is 9.82. The fourth-order valence-electron chi connectivity index (χ4n) is 5.32. The number of carbonyl (C=O) groups excluding carboxylic acids is 1. The number of likely N-dealkylation sites (tertiary alicyclic amines) is 2. The number of piperidine rings is 2. The number of nitrogens with one attached hydrogen (secondary N) is 1. The van der Waals surface area contributed by atoms with Crippen LogP contribution in [0.1, 0.15) is 61.0 Å². The summed E-state index contributed by atoms with van der Waals surface area (Å²) in [7, 11) is 0. The van der Waals surface area contributed by atoms with Crippen molar-refractivity contribution < 1.29 is 9.63 Å². The predicted molar refractivity (Wildman–Crippen MR) is 142 cm³/mol. The van der Waals surface area contributed by atoms with Crippen molar-refractivity contribution in [2.24, 2.45) is 11.1 Å². The molecule has 0 bridgehead atoms. The average molecular weight is 544 g/mol. The molecule has 2 aromatic rings. The van der Waals surface area contributed by atoms with Gasteiger partial charge in [-0.1, -0.05) is 33.2 Å². The van der Waals surface area contributed by atoms with Crippen molar-refractivity contribution in [3.63, 3.8) is 0 Å². The van der Waals surface area contributed by atoms with Gasteiger partial charge in [0.1, 0.15) is 12.2 Å². The largest absolute Gasteiger partial charge is 0.396 e. The highest BCUT2D eigenvalue weighted by Gasteiger charge is 2.39. The lowest BCUT2D eigenvalue weighted by molar-refractivity contribution is 0.0161. The van der Waals surface area contributed by atoms with Gasteiger partial charge in [0.25, 0.3) is 11.5 Å². The van der Waals surface area contributed by atoms with Crippen molar-refractivity contribution in [1.82, 2.24) is 14.8 Å². The Morgan fingerprint density at radius 3 is 2.40 bits per heavy atom. The van der Waals surface area contributed by atoms with Crippen molar-refractivity contribution >= 4 is 27.5 Å². The van der Waals surface area contributed by atoms with E-state index in [1.165, 1.54) is 0 Å². The van der Waals surface area contributed by atoms with Crippen molar-refractivity contribution in [3.05, 3.63) is 68.0 Å². The average Bonchev–Trinajstić information content (AvgIpc) is 2.86. The van der Waals surface area contributed by atoms with Crippen molar-refractivity contribution in [1.29, 1.82) is 0 Å². The molecule has 0 unspecified atom stereocenters. The van der Waals surface area contributed by atoms with Gasteiger partial charge < -0.3 is 14.7 Å². The number of pyridine rings is 1. The minimum Gasteiger partial charge on any atom is -0.396 e. The summed E-state index contributed by atoms with van der Waals surface area (Å²) in [5, 5.41) is 4.50. The highest BCUT2D eigenvalue weighted by atomic mass is 79.9. The standard InChI is InChI=1S/C27H35BrN4O3/c1-4-35-30-24(20-5-7-22(28)8-6-20)21-10-15-32(16-11-21)27(3)12-17-31(18-13-27)26(34)23-19(2)9-14-29-25(23)33/h5-9,14,21H,4,10-13,15-18H2,1-3H3,(H,29,33)/b30-24-. The van der Waals surface area contributed by atoms with Crippen LogP contribution in [0.25, 0.3) is 0 Å². The number of carbonyl (C=O) groups is 1. The van der Waals surface area contributed by atoms with E-state index >= 15 is 0 Å². The lowest BCUT2D eigenvalue weighted by Crippen LogP contribution is -2.57. The van der Waals surface area contributed by atoms with E-state index in [1.54, 1.807) is 12.3 Å². The maximum atomic E-state index is 13.1. The minimum absolute atomic E-state index is 0.0503. The first-order valence-electron chi connectivity index (χ1n) is 12.5. The topological polar surface area (TPSA) is 78.0 Å². The van der Waals surface area contributed by atoms with Crippen LogP contribution in [0, 0.1) is 12.8 Å². The molecule has 7 nitrogen and oxygen atoms in total. The van der Waals surface area contributed by atoms with Gasteiger partial charge in [-0.25, -0.2) is 0 Å². The third-order valence-corrected chi connectivity index (χ3v) is 8.12. The molecular formula is C27H35BrN4O3. The van der Waals surface area contributed by atoms with Gasteiger partial charge in [0.2, 0.25) is 0 Å². The van der Waals surface area contributed by atoms with Crippen LogP contribution in [0.15, 0.2) is 51.0 Å². The molecule has 0 saturated carbocycles. The summed E-state index contributed by atoms with van der Waals surface area (Å²) in [6, 6.07) is 10.1. The summed E-state index contributed by atoms with van der Waals surface area (Å²) in [6.45, 7) is 9.97. The predicted octanol–water partition coefficient (Wildman–Crippen LogP) is 4.59. The van der Waals surface area contributed by atoms with E-state index in [9.17, 15) is 9.59 Å². The Labute approximate surface area is 215 Å². The monoisotopic (exact) mass is 542 g/mol. The van der Waals surface area contributed by atoms with E-state index in [-0.39, 0.29) is 22.6 Å². The Balaban J connectivity index is 1.38. The molecule has 8 heteroatoms. The fraction of sp³-hybridized carbons (Fsp3) is 0.519. The molecular weight excluding hydrogens is 508 g/mol. The SMILES string of the molecule is CCO/N=C(/c1ccc(Br)cc1)C1CCN(C2(C)CCN(C(=O)c3c(C)cc[nH]c3=O)CC2)CC1. The van der Waals surface area contributed by atoms with Crippen LogP contribution in [0.5, 0.6) is 0 Å². The molecule has 2 saturated heterocycles. The van der Waals surface area contributed by atoms with Gasteiger partial charge >= 0.3 is 0 Å².